The molecule has 0 aliphatic heterocycles. The monoisotopic (exact) mass is 614 g/mol. The summed E-state index contributed by atoms with van der Waals surface area (Å²) in [6.07, 6.45) is 12.1. The van der Waals surface area contributed by atoms with Crippen LogP contribution < -0.4 is 0 Å². The van der Waals surface area contributed by atoms with Crippen LogP contribution in [0.1, 0.15) is 149 Å². The molecule has 0 spiro atoms. The number of sulfone groups is 2. The van der Waals surface area contributed by atoms with Crippen molar-refractivity contribution in [3.05, 3.63) is 0 Å². The molecule has 0 saturated heterocycles. The SMILES string of the molecule is CCCCCCCCCCCCS(=O)(=O)C([C@@H](O)[C@H](O)[C@@H](O)[C@H](C)O)S(=O)(=O)CCCCCCCCCCCC. The molecule has 0 bridgehead atoms. The fourth-order valence-corrected chi connectivity index (χ4v) is 10.3. The quantitative estimate of drug-likeness (QED) is 0.0851. The Hall–Kier alpha value is -0.260. The summed E-state index contributed by atoms with van der Waals surface area (Å²) in [4.78, 5) is 0. The van der Waals surface area contributed by atoms with Crippen LogP contribution in [0.3, 0.4) is 0 Å². The van der Waals surface area contributed by atoms with E-state index in [0.717, 1.165) is 51.4 Å². The number of aliphatic hydroxyl groups is 4. The first-order valence-electron chi connectivity index (χ1n) is 16.1. The molecule has 4 N–H and O–H groups in total. The highest BCUT2D eigenvalue weighted by Crippen LogP contribution is 2.24. The van der Waals surface area contributed by atoms with E-state index in [1.54, 1.807) is 0 Å². The number of hydrogen-bond donors (Lipinski definition) is 4. The van der Waals surface area contributed by atoms with Crippen LogP contribution in [-0.4, -0.2) is 77.8 Å². The number of hydrogen-bond acceptors (Lipinski definition) is 8. The second-order valence-electron chi connectivity index (χ2n) is 11.7. The standard InChI is InChI=1S/C30H62O8S2/c1-4-6-8-10-12-14-16-18-20-22-24-39(35,36)30(29(34)28(33)27(32)26(3)31)40(37,38)25-23-21-19-17-15-13-11-9-7-5-2/h26-34H,4-25H2,1-3H3/t26-,27-,28+,29-/m0/s1. The molecule has 0 aromatic carbocycles. The number of unbranched alkanes of at least 4 members (excludes halogenated alkanes) is 18. The Morgan fingerprint density at radius 2 is 0.700 bits per heavy atom. The first-order chi connectivity index (χ1) is 18.9. The summed E-state index contributed by atoms with van der Waals surface area (Å²) in [6.45, 7) is 5.53. The zero-order chi connectivity index (χ0) is 30.4. The average Bonchev–Trinajstić information content (AvgIpc) is 2.89. The van der Waals surface area contributed by atoms with E-state index in [1.807, 2.05) is 0 Å². The smallest absolute Gasteiger partial charge is 0.191 e. The topological polar surface area (TPSA) is 149 Å². The highest BCUT2D eigenvalue weighted by molar-refractivity contribution is 8.09. The van der Waals surface area contributed by atoms with Crippen molar-refractivity contribution in [2.24, 2.45) is 0 Å². The third-order valence-corrected chi connectivity index (χ3v) is 13.2. The molecule has 0 rings (SSSR count). The van der Waals surface area contributed by atoms with E-state index in [1.165, 1.54) is 58.3 Å². The normalized spacial score (nSPS) is 15.8. The van der Waals surface area contributed by atoms with Crippen LogP contribution in [0.4, 0.5) is 0 Å². The lowest BCUT2D eigenvalue weighted by Gasteiger charge is -2.30. The molecule has 10 heteroatoms. The largest absolute Gasteiger partial charge is 0.391 e. The molecule has 0 radical (unpaired) electrons. The summed E-state index contributed by atoms with van der Waals surface area (Å²) < 4.78 is 50.7. The molecule has 0 fully saturated rings. The summed E-state index contributed by atoms with van der Waals surface area (Å²) in [6, 6.07) is 0. The molecule has 242 valence electrons. The van der Waals surface area contributed by atoms with Crippen LogP contribution in [0, 0.1) is 0 Å². The fourth-order valence-electron chi connectivity index (χ4n) is 5.11. The third kappa shape index (κ3) is 17.6. The molecular weight excluding hydrogens is 552 g/mol. The van der Waals surface area contributed by atoms with Gasteiger partial charge in [0.1, 0.15) is 18.3 Å². The summed E-state index contributed by atoms with van der Waals surface area (Å²) in [5.41, 5.74) is 0. The molecule has 0 heterocycles. The minimum absolute atomic E-state index is 0.268. The maximum atomic E-state index is 13.2. The van der Waals surface area contributed by atoms with Crippen molar-refractivity contribution in [1.82, 2.24) is 0 Å². The van der Waals surface area contributed by atoms with Gasteiger partial charge in [-0.2, -0.15) is 0 Å². The first kappa shape index (κ1) is 39.7. The maximum absolute atomic E-state index is 13.2. The molecule has 0 aromatic rings. The molecule has 0 unspecified atom stereocenters. The predicted octanol–water partition coefficient (Wildman–Crippen LogP) is 5.45. The second-order valence-corrected chi connectivity index (χ2v) is 16.5. The molecule has 4 atom stereocenters. The van der Waals surface area contributed by atoms with Gasteiger partial charge in [0, 0.05) is 0 Å². The zero-order valence-electron chi connectivity index (χ0n) is 25.7. The number of aliphatic hydroxyl groups excluding tert-OH is 4. The first-order valence-corrected chi connectivity index (χ1v) is 19.5. The minimum Gasteiger partial charge on any atom is -0.391 e. The third-order valence-electron chi connectivity index (χ3n) is 7.75. The summed E-state index contributed by atoms with van der Waals surface area (Å²) in [5, 5.41) is 40.7. The van der Waals surface area contributed by atoms with Gasteiger partial charge in [-0.05, 0) is 19.8 Å². The highest BCUT2D eigenvalue weighted by Gasteiger charge is 2.47. The second kappa shape index (κ2) is 23.2. The molecule has 0 aromatic heterocycles. The van der Waals surface area contributed by atoms with E-state index in [2.05, 4.69) is 13.8 Å². The molecule has 40 heavy (non-hydrogen) atoms. The van der Waals surface area contributed by atoms with Gasteiger partial charge >= 0.3 is 0 Å². The highest BCUT2D eigenvalue weighted by atomic mass is 32.3. The Balaban J connectivity index is 4.98. The van der Waals surface area contributed by atoms with Crippen LogP contribution in [0.15, 0.2) is 0 Å². The van der Waals surface area contributed by atoms with Crippen molar-refractivity contribution in [1.29, 1.82) is 0 Å². The van der Waals surface area contributed by atoms with Crippen molar-refractivity contribution in [2.75, 3.05) is 11.5 Å². The van der Waals surface area contributed by atoms with Crippen LogP contribution in [-0.2, 0) is 19.7 Å². The number of rotatable bonds is 28. The van der Waals surface area contributed by atoms with Gasteiger partial charge in [-0.3, -0.25) is 0 Å². The van der Waals surface area contributed by atoms with E-state index < -0.39 is 60.2 Å². The van der Waals surface area contributed by atoms with Crippen LogP contribution in [0.5, 0.6) is 0 Å². The predicted molar refractivity (Wildman–Crippen MR) is 165 cm³/mol. The Bertz CT molecular complexity index is 745. The van der Waals surface area contributed by atoms with E-state index in [9.17, 15) is 37.3 Å². The molecule has 0 aliphatic carbocycles. The van der Waals surface area contributed by atoms with Gasteiger partial charge in [0.2, 0.25) is 0 Å². The molecule has 0 aliphatic rings. The Morgan fingerprint density at radius 3 is 0.975 bits per heavy atom. The van der Waals surface area contributed by atoms with Crippen LogP contribution >= 0.6 is 0 Å². The molecule has 0 saturated carbocycles. The Kier molecular flexibility index (Phi) is 23.1. The van der Waals surface area contributed by atoms with E-state index in [-0.39, 0.29) is 12.8 Å². The van der Waals surface area contributed by atoms with E-state index in [0.29, 0.717) is 12.8 Å². The Labute approximate surface area is 246 Å². The van der Waals surface area contributed by atoms with Gasteiger partial charge in [-0.15, -0.1) is 0 Å². The lowest BCUT2D eigenvalue weighted by molar-refractivity contribution is -0.0960. The van der Waals surface area contributed by atoms with E-state index >= 15 is 0 Å². The average molecular weight is 615 g/mol. The van der Waals surface area contributed by atoms with Crippen molar-refractivity contribution in [2.45, 2.75) is 178 Å². The Morgan fingerprint density at radius 1 is 0.425 bits per heavy atom. The summed E-state index contributed by atoms with van der Waals surface area (Å²) in [7, 11) is -8.69. The summed E-state index contributed by atoms with van der Waals surface area (Å²) in [5.74, 6) is -0.833. The van der Waals surface area contributed by atoms with Crippen molar-refractivity contribution >= 4 is 19.7 Å². The molecular formula is C30H62O8S2. The van der Waals surface area contributed by atoms with Crippen molar-refractivity contribution in [3.63, 3.8) is 0 Å². The van der Waals surface area contributed by atoms with Gasteiger partial charge in [-0.25, -0.2) is 16.8 Å². The minimum atomic E-state index is -4.34. The van der Waals surface area contributed by atoms with E-state index in [4.69, 9.17) is 0 Å². The van der Waals surface area contributed by atoms with Crippen molar-refractivity contribution in [3.8, 4) is 0 Å². The van der Waals surface area contributed by atoms with Gasteiger partial charge in [0.25, 0.3) is 0 Å². The van der Waals surface area contributed by atoms with Crippen LogP contribution in [0.2, 0.25) is 0 Å². The maximum Gasteiger partial charge on any atom is 0.191 e. The zero-order valence-corrected chi connectivity index (χ0v) is 27.3. The summed E-state index contributed by atoms with van der Waals surface area (Å²) >= 11 is 0. The van der Waals surface area contributed by atoms with Gasteiger partial charge in [0.15, 0.2) is 24.3 Å². The van der Waals surface area contributed by atoms with Gasteiger partial charge in [-0.1, -0.05) is 129 Å². The molecule has 8 nitrogen and oxygen atoms in total. The van der Waals surface area contributed by atoms with Crippen LogP contribution in [0.25, 0.3) is 0 Å². The van der Waals surface area contributed by atoms with Gasteiger partial charge < -0.3 is 20.4 Å². The fraction of sp³-hybridized carbons (Fsp3) is 1.00. The van der Waals surface area contributed by atoms with Crippen molar-refractivity contribution < 1.29 is 37.3 Å². The lowest BCUT2D eigenvalue weighted by atomic mass is 10.1. The lowest BCUT2D eigenvalue weighted by Crippen LogP contribution is -2.54. The molecule has 0 amide bonds. The van der Waals surface area contributed by atoms with Gasteiger partial charge in [0.05, 0.1) is 17.6 Å².